The fraction of sp³-hybridized carbons (Fsp3) is 0.448. The van der Waals surface area contributed by atoms with E-state index < -0.39 is 5.41 Å². The summed E-state index contributed by atoms with van der Waals surface area (Å²) in [6, 6.07) is 15.2. The zero-order valence-electron chi connectivity index (χ0n) is 20.3. The number of carbonyl (C=O) groups excluding carboxylic acids is 1. The minimum Gasteiger partial charge on any atom is -0.381 e. The van der Waals surface area contributed by atoms with Crippen molar-refractivity contribution in [1.82, 2.24) is 9.88 Å². The smallest absolute Gasteiger partial charge is 0.233 e. The van der Waals surface area contributed by atoms with E-state index in [0.29, 0.717) is 33.0 Å². The Morgan fingerprint density at radius 3 is 2.59 bits per heavy atom. The summed E-state index contributed by atoms with van der Waals surface area (Å²) < 4.78 is 11.7. The van der Waals surface area contributed by atoms with Gasteiger partial charge in [0, 0.05) is 50.0 Å². The molecule has 2 aromatic carbocycles. The number of aromatic nitrogens is 1. The van der Waals surface area contributed by atoms with Crippen LogP contribution in [-0.2, 0) is 26.1 Å². The van der Waals surface area contributed by atoms with Crippen LogP contribution in [0, 0.1) is 19.8 Å². The van der Waals surface area contributed by atoms with Crippen molar-refractivity contribution in [3.8, 4) is 0 Å². The number of pyridine rings is 1. The van der Waals surface area contributed by atoms with E-state index in [0.717, 1.165) is 36.8 Å². The number of nitrogens with zero attached hydrogens (tertiary/aromatic N) is 2. The third kappa shape index (κ3) is 4.73. The molecule has 1 atom stereocenters. The first-order valence-electron chi connectivity index (χ1n) is 12.4. The summed E-state index contributed by atoms with van der Waals surface area (Å²) in [7, 11) is 0. The molecule has 34 heavy (non-hydrogen) atoms. The molecule has 2 aliphatic heterocycles. The predicted octanol–water partition coefficient (Wildman–Crippen LogP) is 4.62. The summed E-state index contributed by atoms with van der Waals surface area (Å²) >= 11 is 0. The van der Waals surface area contributed by atoms with Gasteiger partial charge in [0.05, 0.1) is 18.6 Å². The van der Waals surface area contributed by atoms with Crippen molar-refractivity contribution >= 4 is 16.7 Å². The van der Waals surface area contributed by atoms with Crippen molar-refractivity contribution in [2.75, 3.05) is 39.5 Å². The van der Waals surface area contributed by atoms with Crippen molar-refractivity contribution in [2.24, 2.45) is 5.92 Å². The number of amides is 1. The van der Waals surface area contributed by atoms with E-state index in [1.165, 1.54) is 22.1 Å². The highest BCUT2D eigenvalue weighted by atomic mass is 16.5. The van der Waals surface area contributed by atoms with Gasteiger partial charge in [0.2, 0.25) is 5.91 Å². The Kier molecular flexibility index (Phi) is 6.66. The van der Waals surface area contributed by atoms with E-state index in [9.17, 15) is 4.79 Å². The molecule has 0 N–H and O–H groups in total. The summed E-state index contributed by atoms with van der Waals surface area (Å²) in [6.07, 6.45) is 6.09. The molecule has 0 aliphatic carbocycles. The van der Waals surface area contributed by atoms with Crippen LogP contribution in [0.1, 0.15) is 35.1 Å². The second kappa shape index (κ2) is 9.85. The normalized spacial score (nSPS) is 20.8. The number of hydrogen-bond acceptors (Lipinski definition) is 4. The van der Waals surface area contributed by atoms with Gasteiger partial charge in [0.15, 0.2) is 0 Å². The van der Waals surface area contributed by atoms with Gasteiger partial charge in [0.25, 0.3) is 0 Å². The SMILES string of the molecule is Cc1cc(C)cc(C2(C(=O)N3CCOCC(Cc4ccc5cnccc5c4)C3)CCOCC2)c1. The molecule has 2 aliphatic rings. The van der Waals surface area contributed by atoms with Crippen LogP contribution >= 0.6 is 0 Å². The number of ether oxygens (including phenoxy) is 2. The van der Waals surface area contributed by atoms with Crippen molar-refractivity contribution in [2.45, 2.75) is 38.5 Å². The van der Waals surface area contributed by atoms with Gasteiger partial charge in [-0.05, 0) is 55.7 Å². The Morgan fingerprint density at radius 2 is 1.79 bits per heavy atom. The van der Waals surface area contributed by atoms with Gasteiger partial charge < -0.3 is 14.4 Å². The Labute approximate surface area is 202 Å². The van der Waals surface area contributed by atoms with Gasteiger partial charge >= 0.3 is 0 Å². The van der Waals surface area contributed by atoms with Gasteiger partial charge in [-0.15, -0.1) is 0 Å². The number of aryl methyl sites for hydroxylation is 2. The average Bonchev–Trinajstić information content (AvgIpc) is 3.09. The fourth-order valence-corrected chi connectivity index (χ4v) is 5.68. The molecule has 3 heterocycles. The molecule has 2 fully saturated rings. The minimum atomic E-state index is -0.514. The summed E-state index contributed by atoms with van der Waals surface area (Å²) in [4.78, 5) is 20.5. The van der Waals surface area contributed by atoms with Crippen LogP contribution in [0.15, 0.2) is 54.9 Å². The van der Waals surface area contributed by atoms with Crippen molar-refractivity contribution in [1.29, 1.82) is 0 Å². The molecule has 5 nitrogen and oxygen atoms in total. The van der Waals surface area contributed by atoms with E-state index in [1.807, 2.05) is 12.4 Å². The minimum absolute atomic E-state index is 0.237. The first kappa shape index (κ1) is 23.0. The summed E-state index contributed by atoms with van der Waals surface area (Å²) in [5.41, 5.74) is 4.31. The molecule has 5 heteroatoms. The largest absolute Gasteiger partial charge is 0.381 e. The second-order valence-corrected chi connectivity index (χ2v) is 10.0. The Bertz CT molecular complexity index is 1150. The molecule has 0 saturated carbocycles. The monoisotopic (exact) mass is 458 g/mol. The molecule has 0 bridgehead atoms. The summed E-state index contributed by atoms with van der Waals surface area (Å²) in [5, 5.41) is 2.35. The van der Waals surface area contributed by atoms with Gasteiger partial charge in [-0.25, -0.2) is 0 Å². The lowest BCUT2D eigenvalue weighted by molar-refractivity contribution is -0.141. The maximum Gasteiger partial charge on any atom is 0.233 e. The molecular formula is C29H34N2O3. The molecular weight excluding hydrogens is 424 g/mol. The first-order valence-corrected chi connectivity index (χ1v) is 12.4. The van der Waals surface area contributed by atoms with E-state index in [2.05, 4.69) is 66.2 Å². The summed E-state index contributed by atoms with van der Waals surface area (Å²) in [5.74, 6) is 0.503. The highest BCUT2D eigenvalue weighted by molar-refractivity contribution is 5.88. The van der Waals surface area contributed by atoms with Crippen LogP contribution < -0.4 is 0 Å². The standard InChI is InChI=1S/C29H34N2O3/c1-21-13-22(2)15-27(14-21)29(6-10-33-11-7-29)28(32)31-9-12-34-20-24(19-31)16-23-3-4-26-18-30-8-5-25(26)17-23/h3-5,8,13-15,17-18,24H,6-7,9-12,16,19-20H2,1-2H3. The van der Waals surface area contributed by atoms with Crippen LogP contribution in [0.3, 0.4) is 0 Å². The molecule has 3 aromatic rings. The number of hydrogen-bond donors (Lipinski definition) is 0. The Morgan fingerprint density at radius 1 is 1.00 bits per heavy atom. The van der Waals surface area contributed by atoms with Crippen LogP contribution in [0.2, 0.25) is 0 Å². The third-order valence-electron chi connectivity index (χ3n) is 7.38. The quantitative estimate of drug-likeness (QED) is 0.573. The lowest BCUT2D eigenvalue weighted by Crippen LogP contribution is -2.51. The van der Waals surface area contributed by atoms with Crippen molar-refractivity contribution in [3.63, 3.8) is 0 Å². The van der Waals surface area contributed by atoms with Crippen LogP contribution in [0.25, 0.3) is 10.8 Å². The average molecular weight is 459 g/mol. The molecule has 0 radical (unpaired) electrons. The predicted molar refractivity (Wildman–Crippen MR) is 134 cm³/mol. The Balaban J connectivity index is 1.39. The summed E-state index contributed by atoms with van der Waals surface area (Å²) in [6.45, 7) is 8.11. The molecule has 178 valence electrons. The van der Waals surface area contributed by atoms with Gasteiger partial charge in [0.1, 0.15) is 0 Å². The van der Waals surface area contributed by atoms with Crippen molar-refractivity contribution in [3.05, 3.63) is 77.1 Å². The molecule has 1 aromatic heterocycles. The number of benzene rings is 2. The molecule has 1 amide bonds. The lowest BCUT2D eigenvalue weighted by Gasteiger charge is -2.40. The number of carbonyl (C=O) groups is 1. The van der Waals surface area contributed by atoms with Gasteiger partial charge in [-0.1, -0.05) is 47.5 Å². The molecule has 0 spiro atoms. The van der Waals surface area contributed by atoms with E-state index >= 15 is 0 Å². The highest BCUT2D eigenvalue weighted by Crippen LogP contribution is 2.38. The maximum atomic E-state index is 14.2. The topological polar surface area (TPSA) is 51.7 Å². The van der Waals surface area contributed by atoms with Crippen LogP contribution in [-0.4, -0.2) is 55.3 Å². The zero-order chi connectivity index (χ0) is 23.5. The maximum absolute atomic E-state index is 14.2. The highest BCUT2D eigenvalue weighted by Gasteiger charge is 2.44. The van der Waals surface area contributed by atoms with Gasteiger partial charge in [-0.2, -0.15) is 0 Å². The van der Waals surface area contributed by atoms with E-state index in [-0.39, 0.29) is 11.8 Å². The fourth-order valence-electron chi connectivity index (χ4n) is 5.68. The third-order valence-corrected chi connectivity index (χ3v) is 7.38. The van der Waals surface area contributed by atoms with Crippen LogP contribution in [0.4, 0.5) is 0 Å². The Hall–Kier alpha value is -2.76. The first-order chi connectivity index (χ1) is 16.5. The zero-order valence-corrected chi connectivity index (χ0v) is 20.3. The molecule has 5 rings (SSSR count). The van der Waals surface area contributed by atoms with Gasteiger partial charge in [-0.3, -0.25) is 9.78 Å². The lowest BCUT2D eigenvalue weighted by atomic mass is 9.72. The van der Waals surface area contributed by atoms with Crippen molar-refractivity contribution < 1.29 is 14.3 Å². The number of rotatable bonds is 4. The number of fused-ring (bicyclic) bond motifs is 1. The molecule has 2 saturated heterocycles. The van der Waals surface area contributed by atoms with E-state index in [1.54, 1.807) is 0 Å². The molecule has 1 unspecified atom stereocenters. The van der Waals surface area contributed by atoms with E-state index in [4.69, 9.17) is 9.47 Å². The second-order valence-electron chi connectivity index (χ2n) is 10.0. The van der Waals surface area contributed by atoms with Crippen LogP contribution in [0.5, 0.6) is 0 Å².